The maximum atomic E-state index is 14.5. The van der Waals surface area contributed by atoms with E-state index in [1.807, 2.05) is 0 Å². The zero-order chi connectivity index (χ0) is 25.4. The highest BCUT2D eigenvalue weighted by molar-refractivity contribution is 5.89. The number of hydrogen-bond donors (Lipinski definition) is 4. The molecule has 1 atom stereocenters. The maximum Gasteiger partial charge on any atom is 0.425 e. The number of amides is 1. The summed E-state index contributed by atoms with van der Waals surface area (Å²) < 4.78 is 57.9. The lowest BCUT2D eigenvalue weighted by atomic mass is 9.84. The highest BCUT2D eigenvalue weighted by Gasteiger charge is 2.57. The molecule has 0 saturated carbocycles. The lowest BCUT2D eigenvalue weighted by Gasteiger charge is -2.31. The van der Waals surface area contributed by atoms with Crippen LogP contribution >= 0.6 is 0 Å². The number of aromatic nitrogens is 2. The standard InChI is InChI=1S/C24H19F4N5O2/c25-16-4-6-17(7-5-16)32-20-8-3-15(10-14(20)11-29)23(35,24(26,27)28)19-12-33(13-21(30)34)22-18(19)2-1-9-31-22/h1-12,29,32,35H,13H2,(H2,30,34). The van der Waals surface area contributed by atoms with Gasteiger partial charge in [-0.05, 0) is 54.1 Å². The summed E-state index contributed by atoms with van der Waals surface area (Å²) in [5.41, 5.74) is 1.48. The van der Waals surface area contributed by atoms with Gasteiger partial charge >= 0.3 is 6.18 Å². The molecule has 0 radical (unpaired) electrons. The van der Waals surface area contributed by atoms with Crippen molar-refractivity contribution in [2.75, 3.05) is 5.32 Å². The van der Waals surface area contributed by atoms with Crippen molar-refractivity contribution in [3.05, 3.63) is 89.5 Å². The molecule has 0 saturated heterocycles. The van der Waals surface area contributed by atoms with E-state index < -0.39 is 41.2 Å². The zero-order valence-electron chi connectivity index (χ0n) is 18.0. The predicted octanol–water partition coefficient (Wildman–Crippen LogP) is 4.20. The molecule has 4 aromatic rings. The smallest absolute Gasteiger partial charge is 0.372 e. The highest BCUT2D eigenvalue weighted by atomic mass is 19.4. The number of rotatable bonds is 7. The van der Waals surface area contributed by atoms with E-state index in [-0.39, 0.29) is 22.3 Å². The summed E-state index contributed by atoms with van der Waals surface area (Å²) in [6.45, 7) is -0.437. The minimum atomic E-state index is -5.18. The van der Waals surface area contributed by atoms with Gasteiger partial charge in [0.2, 0.25) is 11.5 Å². The van der Waals surface area contributed by atoms with E-state index in [1.165, 1.54) is 48.7 Å². The van der Waals surface area contributed by atoms with E-state index in [4.69, 9.17) is 11.1 Å². The third kappa shape index (κ3) is 4.33. The SMILES string of the molecule is N=Cc1cc(C(O)(c2cn(CC(N)=O)c3ncccc23)C(F)(F)F)ccc1Nc1ccc(F)cc1. The molecule has 11 heteroatoms. The van der Waals surface area contributed by atoms with Gasteiger partial charge in [0.05, 0.1) is 0 Å². The average molecular weight is 485 g/mol. The Kier molecular flexibility index (Phi) is 6.03. The number of nitrogens with one attached hydrogen (secondary N) is 2. The Balaban J connectivity index is 1.87. The minimum Gasteiger partial charge on any atom is -0.372 e. The molecule has 2 aromatic carbocycles. The fourth-order valence-corrected chi connectivity index (χ4v) is 3.88. The highest BCUT2D eigenvalue weighted by Crippen LogP contribution is 2.47. The second kappa shape index (κ2) is 8.84. The van der Waals surface area contributed by atoms with E-state index in [1.54, 1.807) is 0 Å². The van der Waals surface area contributed by atoms with E-state index >= 15 is 0 Å². The summed E-state index contributed by atoms with van der Waals surface area (Å²) in [6.07, 6.45) is -1.99. The van der Waals surface area contributed by atoms with Gasteiger partial charge in [-0.15, -0.1) is 0 Å². The van der Waals surface area contributed by atoms with Crippen LogP contribution in [0.1, 0.15) is 16.7 Å². The van der Waals surface area contributed by atoms with Gasteiger partial charge < -0.3 is 26.1 Å². The van der Waals surface area contributed by atoms with Gasteiger partial charge in [-0.3, -0.25) is 4.79 Å². The predicted molar refractivity (Wildman–Crippen MR) is 122 cm³/mol. The van der Waals surface area contributed by atoms with Gasteiger partial charge in [-0.1, -0.05) is 6.07 Å². The molecule has 0 aliphatic heterocycles. The number of anilines is 2. The van der Waals surface area contributed by atoms with Crippen molar-refractivity contribution < 1.29 is 27.5 Å². The lowest BCUT2D eigenvalue weighted by molar-refractivity contribution is -0.247. The summed E-state index contributed by atoms with van der Waals surface area (Å²) in [6, 6.07) is 11.5. The molecule has 0 aliphatic rings. The summed E-state index contributed by atoms with van der Waals surface area (Å²) >= 11 is 0. The average Bonchev–Trinajstić information content (AvgIpc) is 3.17. The monoisotopic (exact) mass is 485 g/mol. The summed E-state index contributed by atoms with van der Waals surface area (Å²) in [4.78, 5) is 15.5. The Morgan fingerprint density at radius 1 is 1.17 bits per heavy atom. The molecule has 0 bridgehead atoms. The Labute approximate surface area is 196 Å². The molecule has 0 aliphatic carbocycles. The van der Waals surface area contributed by atoms with E-state index in [2.05, 4.69) is 10.3 Å². The molecule has 2 heterocycles. The number of primary amides is 1. The first-order chi connectivity index (χ1) is 16.5. The van der Waals surface area contributed by atoms with Gasteiger partial charge in [0.1, 0.15) is 18.0 Å². The fourth-order valence-electron chi connectivity index (χ4n) is 3.88. The van der Waals surface area contributed by atoms with Crippen molar-refractivity contribution >= 4 is 34.5 Å². The van der Waals surface area contributed by atoms with Crippen LogP contribution in [0.4, 0.5) is 28.9 Å². The molecular weight excluding hydrogens is 466 g/mol. The first-order valence-electron chi connectivity index (χ1n) is 10.2. The normalized spacial score (nSPS) is 13.4. The van der Waals surface area contributed by atoms with Gasteiger partial charge in [0.25, 0.3) is 0 Å². The fraction of sp³-hybridized carbons (Fsp3) is 0.125. The van der Waals surface area contributed by atoms with E-state index in [0.29, 0.717) is 5.69 Å². The Morgan fingerprint density at radius 2 is 1.89 bits per heavy atom. The third-order valence-corrected chi connectivity index (χ3v) is 5.51. The van der Waals surface area contributed by atoms with Crippen LogP contribution in [0.15, 0.2) is 67.0 Å². The minimum absolute atomic E-state index is 0.0153. The number of nitrogens with two attached hydrogens (primary N) is 1. The molecule has 1 amide bonds. The molecule has 180 valence electrons. The maximum absolute atomic E-state index is 14.5. The molecule has 1 unspecified atom stereocenters. The first kappa shape index (κ1) is 23.9. The zero-order valence-corrected chi connectivity index (χ0v) is 18.0. The summed E-state index contributed by atoms with van der Waals surface area (Å²) in [7, 11) is 0. The number of carbonyl (C=O) groups is 1. The van der Waals surface area contributed by atoms with Crippen LogP contribution in [0.2, 0.25) is 0 Å². The summed E-state index contributed by atoms with van der Waals surface area (Å²) in [5, 5.41) is 21.9. The van der Waals surface area contributed by atoms with Crippen molar-refractivity contribution in [1.29, 1.82) is 5.41 Å². The largest absolute Gasteiger partial charge is 0.425 e. The van der Waals surface area contributed by atoms with Crippen molar-refractivity contribution in [2.45, 2.75) is 18.3 Å². The quantitative estimate of drug-likeness (QED) is 0.232. The van der Waals surface area contributed by atoms with Crippen LogP contribution < -0.4 is 11.1 Å². The molecule has 4 rings (SSSR count). The van der Waals surface area contributed by atoms with Crippen LogP contribution in [0, 0.1) is 11.2 Å². The number of aliphatic hydroxyl groups is 1. The number of benzene rings is 2. The number of hydrogen-bond acceptors (Lipinski definition) is 5. The molecule has 0 fully saturated rings. The molecule has 35 heavy (non-hydrogen) atoms. The third-order valence-electron chi connectivity index (χ3n) is 5.51. The van der Waals surface area contributed by atoms with Gasteiger partial charge in [-0.25, -0.2) is 9.37 Å². The number of pyridine rings is 1. The topological polar surface area (TPSA) is 117 Å². The van der Waals surface area contributed by atoms with Gasteiger partial charge in [-0.2, -0.15) is 13.2 Å². The number of alkyl halides is 3. The number of nitrogens with zero attached hydrogens (tertiary/aromatic N) is 2. The second-order valence-corrected chi connectivity index (χ2v) is 7.80. The number of fused-ring (bicyclic) bond motifs is 1. The van der Waals surface area contributed by atoms with Crippen LogP contribution in [0.3, 0.4) is 0 Å². The molecule has 5 N–H and O–H groups in total. The van der Waals surface area contributed by atoms with Gasteiger partial charge in [0.15, 0.2) is 0 Å². The Hall–Kier alpha value is -4.25. The first-order valence-corrected chi connectivity index (χ1v) is 10.2. The Bertz CT molecular complexity index is 1420. The summed E-state index contributed by atoms with van der Waals surface area (Å²) in [5.74, 6) is -1.25. The molecule has 2 aromatic heterocycles. The van der Waals surface area contributed by atoms with Crippen LogP contribution in [-0.2, 0) is 16.9 Å². The second-order valence-electron chi connectivity index (χ2n) is 7.80. The van der Waals surface area contributed by atoms with Crippen molar-refractivity contribution in [2.24, 2.45) is 5.73 Å². The van der Waals surface area contributed by atoms with Crippen molar-refractivity contribution in [3.63, 3.8) is 0 Å². The van der Waals surface area contributed by atoms with Crippen molar-refractivity contribution in [1.82, 2.24) is 9.55 Å². The van der Waals surface area contributed by atoms with Crippen LogP contribution in [-0.4, -0.2) is 33.0 Å². The van der Waals surface area contributed by atoms with E-state index in [9.17, 15) is 27.5 Å². The van der Waals surface area contributed by atoms with E-state index in [0.717, 1.165) is 29.1 Å². The number of carbonyl (C=O) groups excluding carboxylic acids is 1. The molecule has 0 spiro atoms. The molecular formula is C24H19F4N5O2. The lowest BCUT2D eigenvalue weighted by Crippen LogP contribution is -2.43. The Morgan fingerprint density at radius 3 is 2.51 bits per heavy atom. The van der Waals surface area contributed by atoms with Crippen molar-refractivity contribution in [3.8, 4) is 0 Å². The van der Waals surface area contributed by atoms with Crippen LogP contribution in [0.5, 0.6) is 0 Å². The van der Waals surface area contributed by atoms with Gasteiger partial charge in [0, 0.05) is 46.5 Å². The number of halogens is 4. The molecule has 7 nitrogen and oxygen atoms in total. The van der Waals surface area contributed by atoms with Crippen LogP contribution in [0.25, 0.3) is 11.0 Å².